The van der Waals surface area contributed by atoms with Crippen molar-refractivity contribution in [3.8, 4) is 0 Å². The van der Waals surface area contributed by atoms with Gasteiger partial charge in [-0.3, -0.25) is 4.79 Å². The minimum atomic E-state index is -0.155. The van der Waals surface area contributed by atoms with E-state index < -0.39 is 0 Å². The minimum Gasteiger partial charge on any atom is -0.469 e. The van der Waals surface area contributed by atoms with Crippen molar-refractivity contribution in [2.45, 2.75) is 45.4 Å². The molecular weight excluding hydrogens is 236 g/mol. The van der Waals surface area contributed by atoms with Crippen LogP contribution in [0.5, 0.6) is 0 Å². The van der Waals surface area contributed by atoms with Crippen LogP contribution in [0.2, 0.25) is 0 Å². The van der Waals surface area contributed by atoms with Crippen LogP contribution in [0.1, 0.15) is 40.0 Å². The molecule has 2 nitrogen and oxygen atoms in total. The van der Waals surface area contributed by atoms with Gasteiger partial charge in [-0.15, -0.1) is 11.6 Å². The van der Waals surface area contributed by atoms with Crippen molar-refractivity contribution in [2.24, 2.45) is 17.3 Å². The van der Waals surface area contributed by atoms with E-state index in [4.69, 9.17) is 16.3 Å². The first-order valence-corrected chi connectivity index (χ1v) is 6.63. The van der Waals surface area contributed by atoms with Gasteiger partial charge in [-0.25, -0.2) is 0 Å². The van der Waals surface area contributed by atoms with Crippen molar-refractivity contribution in [1.29, 1.82) is 0 Å². The molecule has 17 heavy (non-hydrogen) atoms. The number of hydrogen-bond acceptors (Lipinski definition) is 2. The summed E-state index contributed by atoms with van der Waals surface area (Å²) < 4.78 is 4.74. The van der Waals surface area contributed by atoms with Crippen molar-refractivity contribution in [2.75, 3.05) is 7.11 Å². The molecule has 1 fully saturated rings. The number of alkyl halides is 1. The van der Waals surface area contributed by atoms with E-state index in [9.17, 15) is 4.79 Å². The van der Waals surface area contributed by atoms with Gasteiger partial charge in [0, 0.05) is 6.42 Å². The van der Waals surface area contributed by atoms with Gasteiger partial charge in [-0.05, 0) is 30.1 Å². The number of halogens is 1. The third-order valence-corrected chi connectivity index (χ3v) is 4.47. The fourth-order valence-corrected chi connectivity index (χ4v) is 3.38. The number of rotatable bonds is 3. The molecule has 1 aliphatic rings. The molecular formula is C14H23ClO2. The lowest BCUT2D eigenvalue weighted by molar-refractivity contribution is -0.142. The number of carbonyl (C=O) groups is 1. The summed E-state index contributed by atoms with van der Waals surface area (Å²) in [6.07, 6.45) is 2.50. The first-order valence-electron chi connectivity index (χ1n) is 6.19. The monoisotopic (exact) mass is 258 g/mol. The van der Waals surface area contributed by atoms with Gasteiger partial charge in [0.2, 0.25) is 0 Å². The number of carbonyl (C=O) groups excluding carboxylic acids is 1. The summed E-state index contributed by atoms with van der Waals surface area (Å²) in [5.74, 6) is 0.363. The Morgan fingerprint density at radius 1 is 1.65 bits per heavy atom. The van der Waals surface area contributed by atoms with E-state index in [1.165, 1.54) is 7.11 Å². The van der Waals surface area contributed by atoms with Crippen molar-refractivity contribution in [3.63, 3.8) is 0 Å². The second-order valence-corrected chi connectivity index (χ2v) is 6.33. The number of methoxy groups -OCH3 is 1. The molecule has 0 aromatic rings. The van der Waals surface area contributed by atoms with E-state index in [1.807, 2.05) is 0 Å². The molecule has 0 bridgehead atoms. The molecule has 0 radical (unpaired) electrons. The van der Waals surface area contributed by atoms with Crippen molar-refractivity contribution in [1.82, 2.24) is 0 Å². The fourth-order valence-electron chi connectivity index (χ4n) is 3.14. The Morgan fingerprint density at radius 3 is 2.76 bits per heavy atom. The summed E-state index contributed by atoms with van der Waals surface area (Å²) in [7, 11) is 1.43. The molecule has 3 atom stereocenters. The Bertz CT molecular complexity index is 309. The van der Waals surface area contributed by atoms with Crippen molar-refractivity contribution < 1.29 is 9.53 Å². The molecule has 1 rings (SSSR count). The van der Waals surface area contributed by atoms with Gasteiger partial charge in [-0.2, -0.15) is 0 Å². The maximum Gasteiger partial charge on any atom is 0.305 e. The maximum absolute atomic E-state index is 11.4. The predicted molar refractivity (Wildman–Crippen MR) is 71.1 cm³/mol. The van der Waals surface area contributed by atoms with Crippen LogP contribution in [0, 0.1) is 17.3 Å². The molecule has 1 aliphatic carbocycles. The smallest absolute Gasteiger partial charge is 0.305 e. The molecule has 3 heteroatoms. The van der Waals surface area contributed by atoms with Crippen LogP contribution in [0.25, 0.3) is 0 Å². The molecule has 0 N–H and O–H groups in total. The fraction of sp³-hybridized carbons (Fsp3) is 0.786. The first-order chi connectivity index (χ1) is 7.79. The topological polar surface area (TPSA) is 26.3 Å². The number of hydrogen-bond donors (Lipinski definition) is 0. The van der Waals surface area contributed by atoms with E-state index in [0.717, 1.165) is 18.4 Å². The highest BCUT2D eigenvalue weighted by molar-refractivity contribution is 6.22. The molecule has 0 aliphatic heterocycles. The molecule has 0 heterocycles. The van der Waals surface area contributed by atoms with Crippen LogP contribution in [0.15, 0.2) is 12.2 Å². The Hall–Kier alpha value is -0.500. The second kappa shape index (κ2) is 5.43. The van der Waals surface area contributed by atoms with Crippen LogP contribution in [-0.2, 0) is 9.53 Å². The highest BCUT2D eigenvalue weighted by atomic mass is 35.5. The highest BCUT2D eigenvalue weighted by Gasteiger charge is 2.41. The molecule has 0 saturated heterocycles. The van der Waals surface area contributed by atoms with Gasteiger partial charge >= 0.3 is 5.97 Å². The lowest BCUT2D eigenvalue weighted by Gasteiger charge is -2.45. The van der Waals surface area contributed by atoms with Gasteiger partial charge < -0.3 is 4.74 Å². The number of ether oxygens (including phenoxy) is 1. The lowest BCUT2D eigenvalue weighted by Crippen LogP contribution is -2.38. The third kappa shape index (κ3) is 3.25. The van der Waals surface area contributed by atoms with Crippen LogP contribution in [0.4, 0.5) is 0 Å². The quantitative estimate of drug-likeness (QED) is 0.437. The van der Waals surface area contributed by atoms with Crippen molar-refractivity contribution in [3.05, 3.63) is 12.2 Å². The van der Waals surface area contributed by atoms with E-state index >= 15 is 0 Å². The van der Waals surface area contributed by atoms with Gasteiger partial charge in [0.1, 0.15) is 0 Å². The van der Waals surface area contributed by atoms with Gasteiger partial charge in [-0.1, -0.05) is 32.9 Å². The predicted octanol–water partition coefficient (Wildman–Crippen LogP) is 3.79. The van der Waals surface area contributed by atoms with Crippen molar-refractivity contribution >= 4 is 17.6 Å². The Morgan fingerprint density at radius 2 is 2.24 bits per heavy atom. The summed E-state index contributed by atoms with van der Waals surface area (Å²) in [5.41, 5.74) is 1.25. The number of esters is 1. The van der Waals surface area contributed by atoms with Gasteiger partial charge in [0.25, 0.3) is 0 Å². The SMILES string of the molecule is C=C1C(Cl)CCC(C)(C)C1C(C)CC(=O)OC. The van der Waals surface area contributed by atoms with E-state index in [-0.39, 0.29) is 28.6 Å². The summed E-state index contributed by atoms with van der Waals surface area (Å²) in [6.45, 7) is 10.7. The molecule has 0 aromatic carbocycles. The standard InChI is InChI=1S/C14H23ClO2/c1-9(8-12(16)17-5)13-10(2)11(15)6-7-14(13,3)4/h9,11,13H,2,6-8H2,1,3-5H3. The average molecular weight is 259 g/mol. The molecule has 0 spiro atoms. The zero-order valence-corrected chi connectivity index (χ0v) is 12.0. The summed E-state index contributed by atoms with van der Waals surface area (Å²) in [6, 6.07) is 0. The molecule has 98 valence electrons. The summed E-state index contributed by atoms with van der Waals surface area (Å²) >= 11 is 6.29. The van der Waals surface area contributed by atoms with E-state index in [2.05, 4.69) is 27.4 Å². The Kier molecular flexibility index (Phi) is 4.65. The van der Waals surface area contributed by atoms with E-state index in [1.54, 1.807) is 0 Å². The molecule has 0 aromatic heterocycles. The van der Waals surface area contributed by atoms with E-state index in [0.29, 0.717) is 6.42 Å². The highest BCUT2D eigenvalue weighted by Crippen LogP contribution is 2.49. The maximum atomic E-state index is 11.4. The zero-order chi connectivity index (χ0) is 13.2. The molecule has 3 unspecified atom stereocenters. The van der Waals surface area contributed by atoms with Gasteiger partial charge in [0.15, 0.2) is 0 Å². The van der Waals surface area contributed by atoms with Crippen LogP contribution in [0.3, 0.4) is 0 Å². The first kappa shape index (κ1) is 14.6. The molecule has 0 amide bonds. The second-order valence-electron chi connectivity index (χ2n) is 5.80. The minimum absolute atomic E-state index is 0.0492. The largest absolute Gasteiger partial charge is 0.469 e. The van der Waals surface area contributed by atoms with Crippen LogP contribution >= 0.6 is 11.6 Å². The van der Waals surface area contributed by atoms with Crippen LogP contribution < -0.4 is 0 Å². The Balaban J connectivity index is 2.83. The summed E-state index contributed by atoms with van der Waals surface area (Å²) in [5, 5.41) is 0.0492. The zero-order valence-electron chi connectivity index (χ0n) is 11.3. The Labute approximate surface area is 109 Å². The summed E-state index contributed by atoms with van der Waals surface area (Å²) in [4.78, 5) is 11.4. The lowest BCUT2D eigenvalue weighted by atomic mass is 9.61. The normalized spacial score (nSPS) is 29.8. The average Bonchev–Trinajstić information content (AvgIpc) is 2.23. The molecule has 1 saturated carbocycles. The van der Waals surface area contributed by atoms with Crippen LogP contribution in [-0.4, -0.2) is 18.5 Å². The third-order valence-electron chi connectivity index (χ3n) is 3.97. The van der Waals surface area contributed by atoms with Gasteiger partial charge in [0.05, 0.1) is 12.5 Å². The number of allylic oxidation sites excluding steroid dienone is 1.